The molecule has 18 heavy (non-hydrogen) atoms. The zero-order chi connectivity index (χ0) is 13.4. The molecule has 0 radical (unpaired) electrons. The summed E-state index contributed by atoms with van der Waals surface area (Å²) in [5.74, 6) is -1.29. The summed E-state index contributed by atoms with van der Waals surface area (Å²) in [5, 5.41) is 0. The largest absolute Gasteiger partial charge is 0.450 e. The fourth-order valence-corrected chi connectivity index (χ4v) is 1.24. The quantitative estimate of drug-likeness (QED) is 0.548. The first-order valence-electron chi connectivity index (χ1n) is 5.81. The van der Waals surface area contributed by atoms with Crippen molar-refractivity contribution in [2.45, 2.75) is 26.1 Å². The first-order chi connectivity index (χ1) is 8.59. The highest BCUT2D eigenvalue weighted by Gasteiger charge is 2.18. The molecular formula is C12H18O6. The second-order valence-corrected chi connectivity index (χ2v) is 3.93. The minimum atomic E-state index is -0.735. The van der Waals surface area contributed by atoms with E-state index in [2.05, 4.69) is 11.3 Å². The zero-order valence-corrected chi connectivity index (χ0v) is 10.5. The molecule has 0 aromatic heterocycles. The Hall–Kier alpha value is -1.40. The Morgan fingerprint density at radius 1 is 1.33 bits per heavy atom. The molecule has 0 aromatic rings. The van der Waals surface area contributed by atoms with Crippen LogP contribution in [0.2, 0.25) is 0 Å². The molecule has 0 aromatic carbocycles. The van der Waals surface area contributed by atoms with Gasteiger partial charge in [-0.25, -0.2) is 9.59 Å². The first-order valence-corrected chi connectivity index (χ1v) is 5.81. The van der Waals surface area contributed by atoms with E-state index in [1.165, 1.54) is 6.92 Å². The van der Waals surface area contributed by atoms with Crippen molar-refractivity contribution in [3.63, 3.8) is 0 Å². The lowest BCUT2D eigenvalue weighted by atomic mass is 10.3. The predicted octanol–water partition coefficient (Wildman–Crippen LogP) is 0.802. The summed E-state index contributed by atoms with van der Waals surface area (Å²) in [6.07, 6.45) is 1.05. The van der Waals surface area contributed by atoms with Crippen LogP contribution in [-0.2, 0) is 28.5 Å². The average molecular weight is 258 g/mol. The van der Waals surface area contributed by atoms with Crippen molar-refractivity contribution >= 4 is 11.9 Å². The van der Waals surface area contributed by atoms with Crippen LogP contribution in [0.25, 0.3) is 0 Å². The number of carbonyl (C=O) groups excluding carboxylic acids is 2. The zero-order valence-electron chi connectivity index (χ0n) is 10.5. The Morgan fingerprint density at radius 3 is 2.78 bits per heavy atom. The third-order valence-electron chi connectivity index (χ3n) is 2.17. The molecular weight excluding hydrogens is 240 g/mol. The maximum atomic E-state index is 11.4. The third-order valence-corrected chi connectivity index (χ3v) is 2.17. The van der Waals surface area contributed by atoms with Gasteiger partial charge in [0.1, 0.15) is 6.61 Å². The number of carbonyl (C=O) groups is 2. The second kappa shape index (κ2) is 7.84. The van der Waals surface area contributed by atoms with E-state index in [-0.39, 0.29) is 12.2 Å². The molecule has 1 rings (SSSR count). The van der Waals surface area contributed by atoms with E-state index in [4.69, 9.17) is 14.2 Å². The van der Waals surface area contributed by atoms with Gasteiger partial charge in [0.05, 0.1) is 6.61 Å². The molecule has 0 spiro atoms. The first kappa shape index (κ1) is 14.7. The lowest BCUT2D eigenvalue weighted by Crippen LogP contribution is -2.30. The minimum absolute atomic E-state index is 0.195. The molecule has 1 aliphatic rings. The van der Waals surface area contributed by atoms with Crippen molar-refractivity contribution in [3.05, 3.63) is 12.2 Å². The van der Waals surface area contributed by atoms with Crippen molar-refractivity contribution < 1.29 is 28.5 Å². The van der Waals surface area contributed by atoms with Gasteiger partial charge in [-0.05, 0) is 19.8 Å². The summed E-state index contributed by atoms with van der Waals surface area (Å²) in [5.41, 5.74) is 0.230. The number of esters is 2. The molecule has 6 nitrogen and oxygen atoms in total. The Labute approximate surface area is 106 Å². The Morgan fingerprint density at radius 2 is 2.06 bits per heavy atom. The van der Waals surface area contributed by atoms with Crippen molar-refractivity contribution in [1.29, 1.82) is 0 Å². The lowest BCUT2D eigenvalue weighted by molar-refractivity contribution is -0.199. The van der Waals surface area contributed by atoms with E-state index in [1.807, 2.05) is 0 Å². The van der Waals surface area contributed by atoms with Gasteiger partial charge in [0.25, 0.3) is 0 Å². The molecule has 1 saturated heterocycles. The van der Waals surface area contributed by atoms with Gasteiger partial charge in [0.15, 0.2) is 6.61 Å². The maximum absolute atomic E-state index is 11.4. The molecule has 6 heteroatoms. The smallest absolute Gasteiger partial charge is 0.346 e. The van der Waals surface area contributed by atoms with Gasteiger partial charge in [-0.15, -0.1) is 0 Å². The van der Waals surface area contributed by atoms with E-state index in [0.717, 1.165) is 12.8 Å². The van der Waals surface area contributed by atoms with Crippen LogP contribution in [0.5, 0.6) is 0 Å². The van der Waals surface area contributed by atoms with Gasteiger partial charge in [-0.2, -0.15) is 0 Å². The second-order valence-electron chi connectivity index (χ2n) is 3.93. The van der Waals surface area contributed by atoms with Gasteiger partial charge in [-0.3, -0.25) is 0 Å². The normalized spacial score (nSPS) is 20.4. The Kier molecular flexibility index (Phi) is 6.38. The van der Waals surface area contributed by atoms with Crippen LogP contribution in [0.3, 0.4) is 0 Å². The van der Waals surface area contributed by atoms with E-state index in [9.17, 15) is 9.59 Å². The van der Waals surface area contributed by atoms with Crippen LogP contribution in [0.15, 0.2) is 12.2 Å². The summed E-state index contributed by atoms with van der Waals surface area (Å²) in [6, 6.07) is 0. The highest BCUT2D eigenvalue weighted by molar-refractivity contribution is 5.88. The summed E-state index contributed by atoms with van der Waals surface area (Å²) >= 11 is 0. The fraction of sp³-hybridized carbons (Fsp3) is 0.667. The molecule has 0 amide bonds. The molecule has 1 heterocycles. The topological polar surface area (TPSA) is 71.1 Å². The number of hydrogen-bond acceptors (Lipinski definition) is 6. The van der Waals surface area contributed by atoms with Crippen molar-refractivity contribution in [3.8, 4) is 0 Å². The standard InChI is InChI=1S/C12H18O6/c1-9(2)12(14)17-7-10(13)18-11-8-15-5-3-4-6-16-11/h11H,1,3-8H2,2H3. The molecule has 1 fully saturated rings. The van der Waals surface area contributed by atoms with Gasteiger partial charge >= 0.3 is 11.9 Å². The van der Waals surface area contributed by atoms with Gasteiger partial charge in [0, 0.05) is 12.2 Å². The van der Waals surface area contributed by atoms with E-state index < -0.39 is 24.8 Å². The van der Waals surface area contributed by atoms with E-state index >= 15 is 0 Å². The van der Waals surface area contributed by atoms with Gasteiger partial charge < -0.3 is 18.9 Å². The van der Waals surface area contributed by atoms with Crippen molar-refractivity contribution in [1.82, 2.24) is 0 Å². The average Bonchev–Trinajstić information content (AvgIpc) is 2.29. The molecule has 0 aliphatic carbocycles. The molecule has 1 unspecified atom stereocenters. The lowest BCUT2D eigenvalue weighted by Gasteiger charge is -2.20. The van der Waals surface area contributed by atoms with Crippen LogP contribution in [0.4, 0.5) is 0 Å². The molecule has 102 valence electrons. The monoisotopic (exact) mass is 258 g/mol. The molecule has 0 saturated carbocycles. The van der Waals surface area contributed by atoms with Crippen LogP contribution in [-0.4, -0.2) is 44.7 Å². The van der Waals surface area contributed by atoms with Gasteiger partial charge in [0.2, 0.25) is 6.29 Å². The fourth-order valence-electron chi connectivity index (χ4n) is 1.24. The SMILES string of the molecule is C=C(C)C(=O)OCC(=O)OC1COCCCCO1. The Balaban J connectivity index is 2.25. The maximum Gasteiger partial charge on any atom is 0.346 e. The van der Waals surface area contributed by atoms with Gasteiger partial charge in [-0.1, -0.05) is 6.58 Å². The highest BCUT2D eigenvalue weighted by Crippen LogP contribution is 2.05. The third kappa shape index (κ3) is 5.79. The van der Waals surface area contributed by atoms with Crippen LogP contribution < -0.4 is 0 Å². The van der Waals surface area contributed by atoms with Crippen molar-refractivity contribution in [2.24, 2.45) is 0 Å². The molecule has 0 bridgehead atoms. The number of hydrogen-bond donors (Lipinski definition) is 0. The molecule has 1 aliphatic heterocycles. The summed E-state index contributed by atoms with van der Waals surface area (Å²) in [6.45, 7) is 5.79. The van der Waals surface area contributed by atoms with E-state index in [1.54, 1.807) is 0 Å². The highest BCUT2D eigenvalue weighted by atomic mass is 16.7. The molecule has 1 atom stereocenters. The van der Waals surface area contributed by atoms with Crippen molar-refractivity contribution in [2.75, 3.05) is 26.4 Å². The predicted molar refractivity (Wildman–Crippen MR) is 61.7 cm³/mol. The summed E-state index contributed by atoms with van der Waals surface area (Å²) in [7, 11) is 0. The van der Waals surface area contributed by atoms with E-state index in [0.29, 0.717) is 13.2 Å². The Bertz CT molecular complexity index is 304. The number of ether oxygens (including phenoxy) is 4. The van der Waals surface area contributed by atoms with Crippen LogP contribution >= 0.6 is 0 Å². The summed E-state index contributed by atoms with van der Waals surface area (Å²) < 4.78 is 20.1. The minimum Gasteiger partial charge on any atom is -0.450 e. The summed E-state index contributed by atoms with van der Waals surface area (Å²) in [4.78, 5) is 22.4. The molecule has 0 N–H and O–H groups in total. The number of rotatable bonds is 4. The van der Waals surface area contributed by atoms with Crippen LogP contribution in [0.1, 0.15) is 19.8 Å². The van der Waals surface area contributed by atoms with Crippen LogP contribution in [0, 0.1) is 0 Å².